The van der Waals surface area contributed by atoms with Crippen molar-refractivity contribution in [2.75, 3.05) is 36.8 Å². The van der Waals surface area contributed by atoms with Crippen LogP contribution in [0.5, 0.6) is 0 Å². The van der Waals surface area contributed by atoms with Gasteiger partial charge in [-0.3, -0.25) is 24.5 Å². The van der Waals surface area contributed by atoms with E-state index < -0.39 is 0 Å². The van der Waals surface area contributed by atoms with Crippen LogP contribution in [0.15, 0.2) is 55.0 Å². The first-order valence-electron chi connectivity index (χ1n) is 12.5. The average molecular weight is 473 g/mol. The zero-order chi connectivity index (χ0) is 24.2. The normalized spacial score (nSPS) is 19.1. The van der Waals surface area contributed by atoms with Crippen molar-refractivity contribution in [3.8, 4) is 0 Å². The van der Waals surface area contributed by atoms with Crippen molar-refractivity contribution in [1.82, 2.24) is 19.8 Å². The van der Waals surface area contributed by atoms with E-state index in [4.69, 9.17) is 0 Å². The Morgan fingerprint density at radius 1 is 1.03 bits per heavy atom. The second-order valence-electron chi connectivity index (χ2n) is 9.53. The molecule has 35 heavy (non-hydrogen) atoms. The SMILES string of the molecule is C[C@@H]1CCCN1C(=O)CN1CCC(Nc2ccc(C(=O)Nc3cccnc3)c3ncccc23)CC1. The second kappa shape index (κ2) is 10.4. The molecule has 4 heterocycles. The number of piperidine rings is 1. The number of carbonyl (C=O) groups excluding carboxylic acids is 2. The van der Waals surface area contributed by atoms with Crippen molar-refractivity contribution < 1.29 is 9.59 Å². The van der Waals surface area contributed by atoms with Crippen LogP contribution in [0.25, 0.3) is 10.9 Å². The Kier molecular flexibility index (Phi) is 6.90. The third kappa shape index (κ3) is 5.27. The minimum atomic E-state index is -0.210. The summed E-state index contributed by atoms with van der Waals surface area (Å²) in [5.41, 5.74) is 2.82. The summed E-state index contributed by atoms with van der Waals surface area (Å²) in [5, 5.41) is 7.49. The first kappa shape index (κ1) is 23.2. The van der Waals surface area contributed by atoms with Crippen LogP contribution in [0, 0.1) is 0 Å². The predicted molar refractivity (Wildman–Crippen MR) is 137 cm³/mol. The molecule has 3 aromatic rings. The first-order valence-corrected chi connectivity index (χ1v) is 12.5. The zero-order valence-corrected chi connectivity index (χ0v) is 20.1. The van der Waals surface area contributed by atoms with Crippen LogP contribution in [0.1, 0.15) is 43.0 Å². The minimum absolute atomic E-state index is 0.210. The maximum absolute atomic E-state index is 12.9. The number of carbonyl (C=O) groups is 2. The lowest BCUT2D eigenvalue weighted by molar-refractivity contribution is -0.133. The zero-order valence-electron chi connectivity index (χ0n) is 20.1. The Bertz CT molecular complexity index is 1190. The van der Waals surface area contributed by atoms with Crippen LogP contribution in [0.3, 0.4) is 0 Å². The van der Waals surface area contributed by atoms with Gasteiger partial charge in [0, 0.05) is 55.2 Å². The number of nitrogens with one attached hydrogen (secondary N) is 2. The first-order chi connectivity index (χ1) is 17.1. The highest BCUT2D eigenvalue weighted by Crippen LogP contribution is 2.28. The summed E-state index contributed by atoms with van der Waals surface area (Å²) in [7, 11) is 0. The van der Waals surface area contributed by atoms with Gasteiger partial charge in [-0.2, -0.15) is 0 Å². The van der Waals surface area contributed by atoms with Crippen molar-refractivity contribution in [2.24, 2.45) is 0 Å². The molecule has 2 aliphatic heterocycles. The fourth-order valence-corrected chi connectivity index (χ4v) is 5.16. The maximum Gasteiger partial charge on any atom is 0.257 e. The number of hydrogen-bond donors (Lipinski definition) is 2. The molecule has 8 nitrogen and oxygen atoms in total. The van der Waals surface area contributed by atoms with Gasteiger partial charge in [0.25, 0.3) is 5.91 Å². The van der Waals surface area contributed by atoms with Gasteiger partial charge in [-0.25, -0.2) is 0 Å². The molecule has 0 spiro atoms. The van der Waals surface area contributed by atoms with Gasteiger partial charge in [-0.05, 0) is 69.0 Å². The molecule has 2 fully saturated rings. The van der Waals surface area contributed by atoms with E-state index in [2.05, 4.69) is 32.4 Å². The molecule has 2 aromatic heterocycles. The van der Waals surface area contributed by atoms with E-state index in [1.807, 2.05) is 35.2 Å². The third-order valence-corrected chi connectivity index (χ3v) is 7.11. The summed E-state index contributed by atoms with van der Waals surface area (Å²) in [5.74, 6) is 0.0529. The van der Waals surface area contributed by atoms with E-state index in [-0.39, 0.29) is 11.8 Å². The van der Waals surface area contributed by atoms with Crippen molar-refractivity contribution in [3.63, 3.8) is 0 Å². The molecule has 182 valence electrons. The lowest BCUT2D eigenvalue weighted by atomic mass is 10.0. The molecule has 8 heteroatoms. The van der Waals surface area contributed by atoms with Crippen LogP contribution < -0.4 is 10.6 Å². The van der Waals surface area contributed by atoms with Gasteiger partial charge < -0.3 is 15.5 Å². The number of anilines is 2. The Morgan fingerprint density at radius 3 is 2.60 bits per heavy atom. The number of aromatic nitrogens is 2. The smallest absolute Gasteiger partial charge is 0.257 e. The molecule has 0 aliphatic carbocycles. The molecule has 0 saturated carbocycles. The molecule has 2 N–H and O–H groups in total. The van der Waals surface area contributed by atoms with Gasteiger partial charge >= 0.3 is 0 Å². The Hall–Kier alpha value is -3.52. The fourth-order valence-electron chi connectivity index (χ4n) is 5.16. The lowest BCUT2D eigenvalue weighted by Crippen LogP contribution is -2.46. The number of hydrogen-bond acceptors (Lipinski definition) is 6. The average Bonchev–Trinajstić information content (AvgIpc) is 3.32. The van der Waals surface area contributed by atoms with E-state index in [0.29, 0.717) is 35.4 Å². The highest BCUT2D eigenvalue weighted by atomic mass is 16.2. The number of pyridine rings is 2. The monoisotopic (exact) mass is 472 g/mol. The summed E-state index contributed by atoms with van der Waals surface area (Å²) < 4.78 is 0. The van der Waals surface area contributed by atoms with Crippen LogP contribution in [0.4, 0.5) is 11.4 Å². The van der Waals surface area contributed by atoms with Crippen molar-refractivity contribution in [3.05, 3.63) is 60.6 Å². The largest absolute Gasteiger partial charge is 0.382 e. The van der Waals surface area contributed by atoms with E-state index >= 15 is 0 Å². The molecule has 5 rings (SSSR count). The predicted octanol–water partition coefficient (Wildman–Crippen LogP) is 3.77. The van der Waals surface area contributed by atoms with Gasteiger partial charge in [0.1, 0.15) is 0 Å². The third-order valence-electron chi connectivity index (χ3n) is 7.11. The number of amides is 2. The van der Waals surface area contributed by atoms with Crippen molar-refractivity contribution in [1.29, 1.82) is 0 Å². The summed E-state index contributed by atoms with van der Waals surface area (Å²) in [6.45, 7) is 5.36. The summed E-state index contributed by atoms with van der Waals surface area (Å²) in [6, 6.07) is 12.0. The molecule has 2 amide bonds. The topological polar surface area (TPSA) is 90.5 Å². The number of nitrogens with zero attached hydrogens (tertiary/aromatic N) is 4. The van der Waals surface area contributed by atoms with Crippen molar-refractivity contribution in [2.45, 2.75) is 44.7 Å². The maximum atomic E-state index is 12.9. The van der Waals surface area contributed by atoms with Crippen LogP contribution >= 0.6 is 0 Å². The fraction of sp³-hybridized carbons (Fsp3) is 0.407. The lowest BCUT2D eigenvalue weighted by Gasteiger charge is -2.34. The van der Waals surface area contributed by atoms with Crippen LogP contribution in [-0.2, 0) is 4.79 Å². The van der Waals surface area contributed by atoms with Gasteiger partial charge in [-0.1, -0.05) is 0 Å². The molecule has 1 atom stereocenters. The molecular formula is C27H32N6O2. The quantitative estimate of drug-likeness (QED) is 0.568. The minimum Gasteiger partial charge on any atom is -0.382 e. The highest BCUT2D eigenvalue weighted by molar-refractivity contribution is 6.13. The van der Waals surface area contributed by atoms with Crippen LogP contribution in [0.2, 0.25) is 0 Å². The number of benzene rings is 1. The Morgan fingerprint density at radius 2 is 1.86 bits per heavy atom. The molecule has 2 aliphatic rings. The van der Waals surface area contributed by atoms with Crippen LogP contribution in [-0.4, -0.2) is 69.8 Å². The molecule has 0 radical (unpaired) electrons. The van der Waals surface area contributed by atoms with Gasteiger partial charge in [0.05, 0.1) is 29.5 Å². The second-order valence-corrected chi connectivity index (χ2v) is 9.53. The molecular weight excluding hydrogens is 440 g/mol. The number of likely N-dealkylation sites (tertiary alicyclic amines) is 2. The number of fused-ring (bicyclic) bond motifs is 1. The Balaban J connectivity index is 1.23. The van der Waals surface area contributed by atoms with E-state index in [9.17, 15) is 9.59 Å². The van der Waals surface area contributed by atoms with Gasteiger partial charge in [0.15, 0.2) is 0 Å². The Labute approximate surface area is 205 Å². The van der Waals surface area contributed by atoms with Crippen molar-refractivity contribution >= 4 is 34.1 Å². The summed E-state index contributed by atoms with van der Waals surface area (Å²) in [6.07, 6.45) is 9.17. The highest BCUT2D eigenvalue weighted by Gasteiger charge is 2.28. The molecule has 1 aromatic carbocycles. The molecule has 0 bridgehead atoms. The summed E-state index contributed by atoms with van der Waals surface area (Å²) in [4.78, 5) is 38.5. The molecule has 0 unspecified atom stereocenters. The summed E-state index contributed by atoms with van der Waals surface area (Å²) >= 11 is 0. The standard InChI is InChI=1S/C27H32N6O2/c1-19-5-4-14-33(19)25(34)18-32-15-10-20(11-16-32)30-24-9-8-23(26-22(24)7-3-13-29-26)27(35)31-21-6-2-12-28-17-21/h2-3,6-9,12-13,17,19-20,30H,4-5,10-11,14-16,18H2,1H3,(H,31,35)/t19-/m1/s1. The van der Waals surface area contributed by atoms with Gasteiger partial charge in [0.2, 0.25) is 5.91 Å². The number of rotatable bonds is 6. The van der Waals surface area contributed by atoms with Gasteiger partial charge in [-0.15, -0.1) is 0 Å². The van der Waals surface area contributed by atoms with E-state index in [0.717, 1.165) is 56.4 Å². The molecule has 2 saturated heterocycles. The van der Waals surface area contributed by atoms with E-state index in [1.54, 1.807) is 24.7 Å². The van der Waals surface area contributed by atoms with E-state index in [1.165, 1.54) is 0 Å².